The van der Waals surface area contributed by atoms with Gasteiger partial charge in [-0.15, -0.1) is 0 Å². The highest BCUT2D eigenvalue weighted by atomic mass is 32.1. The third-order valence-corrected chi connectivity index (χ3v) is 6.89. The Bertz CT molecular complexity index is 1400. The van der Waals surface area contributed by atoms with E-state index in [9.17, 15) is 4.79 Å². The Balaban J connectivity index is 1.54. The van der Waals surface area contributed by atoms with Crippen LogP contribution in [0.5, 0.6) is 0 Å². The average Bonchev–Trinajstić information content (AvgIpc) is 3.46. The van der Waals surface area contributed by atoms with Gasteiger partial charge in [-0.3, -0.25) is 9.69 Å². The van der Waals surface area contributed by atoms with Crippen LogP contribution in [-0.2, 0) is 6.54 Å². The second kappa shape index (κ2) is 8.55. The lowest BCUT2D eigenvalue weighted by Crippen LogP contribution is -2.32. The molecule has 0 spiro atoms. The first-order valence-corrected chi connectivity index (χ1v) is 11.5. The lowest BCUT2D eigenvalue weighted by atomic mass is 10.0. The molecule has 2 heterocycles. The van der Waals surface area contributed by atoms with Gasteiger partial charge in [0.05, 0.1) is 16.5 Å². The third kappa shape index (κ3) is 3.89. The molecule has 5 rings (SSSR count). The number of anilines is 1. The van der Waals surface area contributed by atoms with Gasteiger partial charge in [0, 0.05) is 31.0 Å². The number of hydrogen-bond acceptors (Lipinski definition) is 4. The summed E-state index contributed by atoms with van der Waals surface area (Å²) in [5.41, 5.74) is 4.03. The number of benzene rings is 3. The molecule has 32 heavy (non-hydrogen) atoms. The molecule has 0 unspecified atom stereocenters. The van der Waals surface area contributed by atoms with Crippen molar-refractivity contribution < 1.29 is 4.79 Å². The molecule has 0 atom stereocenters. The van der Waals surface area contributed by atoms with Crippen LogP contribution < -0.4 is 4.90 Å². The van der Waals surface area contributed by atoms with Crippen LogP contribution in [0.1, 0.15) is 27.9 Å². The van der Waals surface area contributed by atoms with Crippen LogP contribution in [0.4, 0.5) is 5.13 Å². The first-order chi connectivity index (χ1) is 15.6. The summed E-state index contributed by atoms with van der Waals surface area (Å²) in [6.07, 6.45) is 6.33. The summed E-state index contributed by atoms with van der Waals surface area (Å²) in [5, 5.41) is 2.78. The summed E-state index contributed by atoms with van der Waals surface area (Å²) >= 11 is 1.59. The molecule has 0 bridgehead atoms. The van der Waals surface area contributed by atoms with Crippen LogP contribution in [-0.4, -0.2) is 27.0 Å². The lowest BCUT2D eigenvalue weighted by molar-refractivity contribution is 0.0988. The molecule has 5 aromatic rings. The summed E-state index contributed by atoms with van der Waals surface area (Å²) in [7, 11) is 0. The minimum absolute atomic E-state index is 0.0131. The summed E-state index contributed by atoms with van der Waals surface area (Å²) in [6, 6.07) is 18.2. The molecular weight excluding hydrogens is 416 g/mol. The molecule has 160 valence electrons. The number of carbonyl (C=O) groups excluding carboxylic acids is 1. The number of amides is 1. The van der Waals surface area contributed by atoms with Crippen molar-refractivity contribution in [2.24, 2.45) is 0 Å². The van der Waals surface area contributed by atoms with Crippen LogP contribution in [0, 0.1) is 13.8 Å². The zero-order valence-corrected chi connectivity index (χ0v) is 19.0. The Morgan fingerprint density at radius 3 is 2.78 bits per heavy atom. The Hall–Kier alpha value is -3.51. The van der Waals surface area contributed by atoms with Gasteiger partial charge in [0.2, 0.25) is 0 Å². The Kier molecular flexibility index (Phi) is 5.45. The quantitative estimate of drug-likeness (QED) is 0.325. The average molecular weight is 441 g/mol. The van der Waals surface area contributed by atoms with Crippen LogP contribution >= 0.6 is 11.3 Å². The number of thiazole rings is 1. The van der Waals surface area contributed by atoms with Gasteiger partial charge in [-0.1, -0.05) is 53.8 Å². The highest BCUT2D eigenvalue weighted by molar-refractivity contribution is 7.22. The largest absolute Gasteiger partial charge is 0.337 e. The van der Waals surface area contributed by atoms with Crippen LogP contribution in [0.2, 0.25) is 0 Å². The molecule has 5 nitrogen and oxygen atoms in total. The molecule has 0 N–H and O–H groups in total. The highest BCUT2D eigenvalue weighted by Crippen LogP contribution is 2.33. The van der Waals surface area contributed by atoms with E-state index in [1.807, 2.05) is 58.1 Å². The summed E-state index contributed by atoms with van der Waals surface area (Å²) < 4.78 is 3.17. The number of fused-ring (bicyclic) bond motifs is 2. The smallest absolute Gasteiger partial charge is 0.260 e. The van der Waals surface area contributed by atoms with Crippen molar-refractivity contribution in [3.05, 3.63) is 90.0 Å². The van der Waals surface area contributed by atoms with Crippen molar-refractivity contribution in [1.82, 2.24) is 14.5 Å². The Labute approximate surface area is 191 Å². The van der Waals surface area contributed by atoms with E-state index in [1.165, 1.54) is 11.1 Å². The van der Waals surface area contributed by atoms with E-state index in [-0.39, 0.29) is 5.91 Å². The van der Waals surface area contributed by atoms with Gasteiger partial charge in [-0.05, 0) is 54.3 Å². The number of aromatic nitrogens is 3. The molecule has 2 aromatic heterocycles. The monoisotopic (exact) mass is 440 g/mol. The van der Waals surface area contributed by atoms with E-state index < -0.39 is 0 Å². The van der Waals surface area contributed by atoms with Gasteiger partial charge in [0.15, 0.2) is 5.13 Å². The van der Waals surface area contributed by atoms with Crippen molar-refractivity contribution in [1.29, 1.82) is 0 Å². The molecule has 1 amide bonds. The molecule has 0 aliphatic carbocycles. The van der Waals surface area contributed by atoms with Crippen LogP contribution in [0.25, 0.3) is 21.0 Å². The van der Waals surface area contributed by atoms with Gasteiger partial charge in [-0.25, -0.2) is 9.97 Å². The first kappa shape index (κ1) is 20.4. The first-order valence-electron chi connectivity index (χ1n) is 10.7. The van der Waals surface area contributed by atoms with E-state index in [0.29, 0.717) is 12.1 Å². The van der Waals surface area contributed by atoms with Gasteiger partial charge < -0.3 is 4.57 Å². The molecular formula is C26H24N4OS. The van der Waals surface area contributed by atoms with Crippen molar-refractivity contribution in [2.45, 2.75) is 26.8 Å². The standard InChI is InChI=1S/C26H24N4OS/c1-18-15-19(2)24-23(16-18)28-26(32-24)30(13-6-12-29-14-11-27-17-29)25(31)22-10-5-8-20-7-3-4-9-21(20)22/h3-5,7-11,14-17H,6,12-13H2,1-2H3. The maximum atomic E-state index is 13.9. The fourth-order valence-corrected chi connectivity index (χ4v) is 5.19. The molecule has 0 aliphatic heterocycles. The van der Waals surface area contributed by atoms with E-state index >= 15 is 0 Å². The number of aryl methyl sites for hydroxylation is 3. The molecule has 0 aliphatic rings. The summed E-state index contributed by atoms with van der Waals surface area (Å²) in [4.78, 5) is 24.7. The van der Waals surface area contributed by atoms with Crippen LogP contribution in [0.15, 0.2) is 73.3 Å². The predicted molar refractivity (Wildman–Crippen MR) is 132 cm³/mol. The molecule has 6 heteroatoms. The van der Waals surface area contributed by atoms with E-state index in [1.54, 1.807) is 23.9 Å². The highest BCUT2D eigenvalue weighted by Gasteiger charge is 2.23. The fourth-order valence-electron chi connectivity index (χ4n) is 4.15. The Morgan fingerprint density at radius 2 is 1.94 bits per heavy atom. The molecule has 0 saturated heterocycles. The van der Waals surface area contributed by atoms with Crippen LogP contribution in [0.3, 0.4) is 0 Å². The number of nitrogens with zero attached hydrogens (tertiary/aromatic N) is 4. The number of rotatable bonds is 6. The SMILES string of the molecule is Cc1cc(C)c2sc(N(CCCn3ccnc3)C(=O)c3cccc4ccccc34)nc2c1. The second-order valence-electron chi connectivity index (χ2n) is 8.06. The minimum Gasteiger partial charge on any atom is -0.337 e. The normalized spacial score (nSPS) is 11.3. The molecule has 0 fully saturated rings. The number of carbonyl (C=O) groups is 1. The third-order valence-electron chi connectivity index (χ3n) is 5.66. The molecule has 0 saturated carbocycles. The van der Waals surface area contributed by atoms with Gasteiger partial charge in [0.1, 0.15) is 0 Å². The minimum atomic E-state index is -0.0131. The number of hydrogen-bond donors (Lipinski definition) is 0. The van der Waals surface area contributed by atoms with E-state index in [0.717, 1.165) is 39.1 Å². The fraction of sp³-hybridized carbons (Fsp3) is 0.192. The predicted octanol–water partition coefficient (Wildman–Crippen LogP) is 6.00. The van der Waals surface area contributed by atoms with Gasteiger partial charge in [0.25, 0.3) is 5.91 Å². The molecule has 0 radical (unpaired) electrons. The van der Waals surface area contributed by atoms with Crippen molar-refractivity contribution in [2.75, 3.05) is 11.4 Å². The summed E-state index contributed by atoms with van der Waals surface area (Å²) in [5.74, 6) is -0.0131. The second-order valence-corrected chi connectivity index (χ2v) is 9.04. The summed E-state index contributed by atoms with van der Waals surface area (Å²) in [6.45, 7) is 5.56. The van der Waals surface area contributed by atoms with E-state index in [4.69, 9.17) is 4.98 Å². The van der Waals surface area contributed by atoms with E-state index in [2.05, 4.69) is 31.0 Å². The van der Waals surface area contributed by atoms with Gasteiger partial charge in [-0.2, -0.15) is 0 Å². The van der Waals surface area contributed by atoms with Gasteiger partial charge >= 0.3 is 0 Å². The van der Waals surface area contributed by atoms with Crippen molar-refractivity contribution in [3.8, 4) is 0 Å². The number of imidazole rings is 1. The Morgan fingerprint density at radius 1 is 1.09 bits per heavy atom. The zero-order valence-electron chi connectivity index (χ0n) is 18.2. The van der Waals surface area contributed by atoms with Crippen molar-refractivity contribution >= 4 is 43.4 Å². The zero-order chi connectivity index (χ0) is 22.1. The molecule has 3 aromatic carbocycles. The van der Waals surface area contributed by atoms with Crippen molar-refractivity contribution in [3.63, 3.8) is 0 Å². The lowest BCUT2D eigenvalue weighted by Gasteiger charge is -2.21. The topological polar surface area (TPSA) is 51.0 Å². The maximum absolute atomic E-state index is 13.9. The maximum Gasteiger partial charge on any atom is 0.260 e.